The number of nitrogens with zero attached hydrogens (tertiary/aromatic N) is 5. The molecule has 0 atom stereocenters. The van der Waals surface area contributed by atoms with E-state index in [0.717, 1.165) is 42.0 Å². The Bertz CT molecular complexity index is 798. The topological polar surface area (TPSA) is 58.9 Å². The number of aromatic nitrogens is 4. The lowest BCUT2D eigenvalue weighted by atomic mass is 10.3. The van der Waals surface area contributed by atoms with Crippen LogP contribution >= 0.6 is 11.6 Å². The quantitative estimate of drug-likeness (QED) is 0.704. The zero-order valence-corrected chi connectivity index (χ0v) is 14.0. The Hall–Kier alpha value is -2.18. The van der Waals surface area contributed by atoms with Crippen molar-refractivity contribution in [3.05, 3.63) is 41.8 Å². The first kappa shape index (κ1) is 15.7. The first-order valence-electron chi connectivity index (χ1n) is 7.48. The molecule has 3 aromatic rings. The van der Waals surface area contributed by atoms with Crippen LogP contribution in [0.2, 0.25) is 5.02 Å². The molecule has 0 aliphatic heterocycles. The minimum absolute atomic E-state index is 0.669. The first-order valence-corrected chi connectivity index (χ1v) is 7.86. The highest BCUT2D eigenvalue weighted by Gasteiger charge is 2.11. The van der Waals surface area contributed by atoms with E-state index in [2.05, 4.69) is 39.4 Å². The zero-order valence-electron chi connectivity index (χ0n) is 13.2. The SMILES string of the molecule is CN(C)CCCNc1ncnc2c1cnn2-c1cccc(Cl)c1. The summed E-state index contributed by atoms with van der Waals surface area (Å²) in [7, 11) is 4.13. The molecule has 0 saturated heterocycles. The molecule has 3 rings (SSSR count). The molecule has 120 valence electrons. The Kier molecular flexibility index (Phi) is 4.73. The molecule has 0 aliphatic rings. The molecular weight excluding hydrogens is 312 g/mol. The number of hydrogen-bond acceptors (Lipinski definition) is 5. The summed E-state index contributed by atoms with van der Waals surface area (Å²) in [6.07, 6.45) is 4.38. The second-order valence-electron chi connectivity index (χ2n) is 5.58. The molecule has 0 radical (unpaired) electrons. The zero-order chi connectivity index (χ0) is 16.2. The van der Waals surface area contributed by atoms with Crippen LogP contribution in [0.5, 0.6) is 0 Å². The average molecular weight is 331 g/mol. The number of benzene rings is 1. The highest BCUT2D eigenvalue weighted by molar-refractivity contribution is 6.30. The van der Waals surface area contributed by atoms with E-state index in [1.165, 1.54) is 0 Å². The van der Waals surface area contributed by atoms with Crippen molar-refractivity contribution in [1.29, 1.82) is 0 Å². The summed E-state index contributed by atoms with van der Waals surface area (Å²) < 4.78 is 1.77. The van der Waals surface area contributed by atoms with E-state index in [0.29, 0.717) is 5.02 Å². The van der Waals surface area contributed by atoms with Crippen molar-refractivity contribution < 1.29 is 0 Å². The van der Waals surface area contributed by atoms with E-state index < -0.39 is 0 Å². The van der Waals surface area contributed by atoms with Crippen LogP contribution in [0.25, 0.3) is 16.7 Å². The fourth-order valence-corrected chi connectivity index (χ4v) is 2.57. The lowest BCUT2D eigenvalue weighted by Gasteiger charge is -2.10. The molecule has 0 fully saturated rings. The van der Waals surface area contributed by atoms with Gasteiger partial charge in [-0.25, -0.2) is 14.6 Å². The minimum Gasteiger partial charge on any atom is -0.369 e. The summed E-state index contributed by atoms with van der Waals surface area (Å²) in [5, 5.41) is 9.36. The second-order valence-corrected chi connectivity index (χ2v) is 6.02. The van der Waals surface area contributed by atoms with Gasteiger partial charge < -0.3 is 10.2 Å². The summed E-state index contributed by atoms with van der Waals surface area (Å²) in [4.78, 5) is 10.9. The van der Waals surface area contributed by atoms with Crippen LogP contribution in [0, 0.1) is 0 Å². The third-order valence-electron chi connectivity index (χ3n) is 3.49. The number of hydrogen-bond donors (Lipinski definition) is 1. The Labute approximate surface area is 140 Å². The Morgan fingerprint density at radius 3 is 2.91 bits per heavy atom. The van der Waals surface area contributed by atoms with Gasteiger partial charge in [0.15, 0.2) is 5.65 Å². The second kappa shape index (κ2) is 6.93. The predicted octanol–water partition coefficient (Wildman–Crippen LogP) is 2.83. The summed E-state index contributed by atoms with van der Waals surface area (Å²) in [5.41, 5.74) is 1.64. The van der Waals surface area contributed by atoms with Crippen LogP contribution in [0.15, 0.2) is 36.8 Å². The standard InChI is InChI=1S/C16H19ClN6/c1-22(2)8-4-7-18-15-14-10-21-23(16(14)20-11-19-15)13-6-3-5-12(17)9-13/h3,5-6,9-11H,4,7-8H2,1-2H3,(H,18,19,20). The minimum atomic E-state index is 0.669. The smallest absolute Gasteiger partial charge is 0.168 e. The highest BCUT2D eigenvalue weighted by atomic mass is 35.5. The van der Waals surface area contributed by atoms with Crippen LogP contribution in [0.1, 0.15) is 6.42 Å². The van der Waals surface area contributed by atoms with Gasteiger partial charge in [0.25, 0.3) is 0 Å². The fourth-order valence-electron chi connectivity index (χ4n) is 2.38. The molecule has 0 bridgehead atoms. The van der Waals surface area contributed by atoms with E-state index in [9.17, 15) is 0 Å². The maximum atomic E-state index is 6.06. The van der Waals surface area contributed by atoms with Crippen molar-refractivity contribution >= 4 is 28.5 Å². The number of fused-ring (bicyclic) bond motifs is 1. The fraction of sp³-hybridized carbons (Fsp3) is 0.312. The summed E-state index contributed by atoms with van der Waals surface area (Å²) in [6, 6.07) is 7.54. The predicted molar refractivity (Wildman–Crippen MR) is 93.3 cm³/mol. The number of nitrogens with one attached hydrogen (secondary N) is 1. The summed E-state index contributed by atoms with van der Waals surface area (Å²) >= 11 is 6.06. The monoisotopic (exact) mass is 330 g/mol. The molecule has 0 aliphatic carbocycles. The summed E-state index contributed by atoms with van der Waals surface area (Å²) in [6.45, 7) is 1.88. The van der Waals surface area contributed by atoms with Gasteiger partial charge in [-0.2, -0.15) is 5.10 Å². The molecule has 6 nitrogen and oxygen atoms in total. The highest BCUT2D eigenvalue weighted by Crippen LogP contribution is 2.22. The molecule has 1 N–H and O–H groups in total. The molecule has 0 amide bonds. The molecular formula is C16H19ClN6. The van der Waals surface area contributed by atoms with E-state index in [1.807, 2.05) is 24.3 Å². The van der Waals surface area contributed by atoms with Gasteiger partial charge in [-0.1, -0.05) is 17.7 Å². The molecule has 2 aromatic heterocycles. The van der Waals surface area contributed by atoms with Gasteiger partial charge in [-0.15, -0.1) is 0 Å². The van der Waals surface area contributed by atoms with Crippen LogP contribution < -0.4 is 5.32 Å². The molecule has 1 aromatic carbocycles. The van der Waals surface area contributed by atoms with Gasteiger partial charge in [-0.05, 0) is 45.3 Å². The van der Waals surface area contributed by atoms with Gasteiger partial charge in [0.05, 0.1) is 17.3 Å². The van der Waals surface area contributed by atoms with Crippen molar-refractivity contribution in [2.75, 3.05) is 32.5 Å². The van der Waals surface area contributed by atoms with E-state index in [4.69, 9.17) is 11.6 Å². The van der Waals surface area contributed by atoms with Gasteiger partial charge >= 0.3 is 0 Å². The Morgan fingerprint density at radius 2 is 2.13 bits per heavy atom. The lowest BCUT2D eigenvalue weighted by molar-refractivity contribution is 0.405. The van der Waals surface area contributed by atoms with Gasteiger partial charge in [0.1, 0.15) is 12.1 Å². The Balaban J connectivity index is 1.85. The van der Waals surface area contributed by atoms with Crippen molar-refractivity contribution in [3.63, 3.8) is 0 Å². The molecule has 0 unspecified atom stereocenters. The number of anilines is 1. The van der Waals surface area contributed by atoms with Crippen LogP contribution in [0.4, 0.5) is 5.82 Å². The maximum Gasteiger partial charge on any atom is 0.168 e. The van der Waals surface area contributed by atoms with E-state index >= 15 is 0 Å². The van der Waals surface area contributed by atoms with Crippen molar-refractivity contribution in [2.24, 2.45) is 0 Å². The average Bonchev–Trinajstić information content (AvgIpc) is 2.96. The molecule has 0 saturated carbocycles. The van der Waals surface area contributed by atoms with Crippen molar-refractivity contribution in [1.82, 2.24) is 24.6 Å². The van der Waals surface area contributed by atoms with Crippen LogP contribution in [-0.2, 0) is 0 Å². The molecule has 23 heavy (non-hydrogen) atoms. The molecule has 2 heterocycles. The van der Waals surface area contributed by atoms with Gasteiger partial charge in [-0.3, -0.25) is 0 Å². The van der Waals surface area contributed by atoms with E-state index in [-0.39, 0.29) is 0 Å². The van der Waals surface area contributed by atoms with Gasteiger partial charge in [0.2, 0.25) is 0 Å². The van der Waals surface area contributed by atoms with Gasteiger partial charge in [0, 0.05) is 11.6 Å². The van der Waals surface area contributed by atoms with Crippen molar-refractivity contribution in [3.8, 4) is 5.69 Å². The third kappa shape index (κ3) is 3.60. The first-order chi connectivity index (χ1) is 11.1. The summed E-state index contributed by atoms with van der Waals surface area (Å²) in [5.74, 6) is 0.807. The molecule has 0 spiro atoms. The largest absolute Gasteiger partial charge is 0.369 e. The normalized spacial score (nSPS) is 11.3. The van der Waals surface area contributed by atoms with Crippen molar-refractivity contribution in [2.45, 2.75) is 6.42 Å². The van der Waals surface area contributed by atoms with E-state index in [1.54, 1.807) is 17.2 Å². The third-order valence-corrected chi connectivity index (χ3v) is 3.73. The van der Waals surface area contributed by atoms with Crippen LogP contribution in [-0.4, -0.2) is 51.8 Å². The van der Waals surface area contributed by atoms with Crippen LogP contribution in [0.3, 0.4) is 0 Å². The Morgan fingerprint density at radius 1 is 1.26 bits per heavy atom. The lowest BCUT2D eigenvalue weighted by Crippen LogP contribution is -2.16. The molecule has 7 heteroatoms. The number of halogens is 1. The number of rotatable bonds is 6. The maximum absolute atomic E-state index is 6.06.